The van der Waals surface area contributed by atoms with E-state index in [9.17, 15) is 14.9 Å². The van der Waals surface area contributed by atoms with Gasteiger partial charge in [-0.15, -0.1) is 0 Å². The molecule has 4 rings (SSSR count). The van der Waals surface area contributed by atoms with Gasteiger partial charge in [0, 0.05) is 21.9 Å². The van der Waals surface area contributed by atoms with Crippen molar-refractivity contribution in [1.82, 2.24) is 0 Å². The van der Waals surface area contributed by atoms with Gasteiger partial charge < -0.3 is 0 Å². The molecule has 0 radical (unpaired) electrons. The molecule has 0 bridgehead atoms. The van der Waals surface area contributed by atoms with E-state index < -0.39 is 4.92 Å². The summed E-state index contributed by atoms with van der Waals surface area (Å²) < 4.78 is 0.354. The van der Waals surface area contributed by atoms with Crippen molar-refractivity contribution < 1.29 is 9.72 Å². The standard InChI is InChI=1S/C23H15ClN2O3S3/c1-14-6-9-17(10-7-14)31-20-11-8-16(26(28)29)12-15(20)13-21-22(27)25(23(30)32-21)19-5-3-2-4-18(19)24/h2-13H,1H3. The van der Waals surface area contributed by atoms with E-state index in [0.717, 1.165) is 27.1 Å². The molecule has 1 amide bonds. The lowest BCUT2D eigenvalue weighted by Crippen LogP contribution is -2.27. The van der Waals surface area contributed by atoms with Crippen LogP contribution in [0.2, 0.25) is 5.02 Å². The number of rotatable bonds is 5. The number of nitro groups is 1. The Bertz CT molecular complexity index is 1280. The van der Waals surface area contributed by atoms with Gasteiger partial charge >= 0.3 is 0 Å². The average molecular weight is 499 g/mol. The Labute approximate surface area is 203 Å². The van der Waals surface area contributed by atoms with Crippen LogP contribution in [0.3, 0.4) is 0 Å². The number of carbonyl (C=O) groups excluding carboxylic acids is 1. The van der Waals surface area contributed by atoms with E-state index in [1.165, 1.54) is 28.8 Å². The van der Waals surface area contributed by atoms with Gasteiger partial charge in [0.1, 0.15) is 0 Å². The maximum Gasteiger partial charge on any atom is 0.270 e. The Kier molecular flexibility index (Phi) is 6.66. The number of non-ortho nitro benzene ring substituents is 1. The van der Waals surface area contributed by atoms with E-state index in [0.29, 0.717) is 25.5 Å². The van der Waals surface area contributed by atoms with Crippen LogP contribution in [0.1, 0.15) is 11.1 Å². The van der Waals surface area contributed by atoms with E-state index in [1.807, 2.05) is 31.2 Å². The molecule has 1 heterocycles. The molecule has 0 atom stereocenters. The molecule has 0 aliphatic carbocycles. The fourth-order valence-corrected chi connectivity index (χ4v) is 5.43. The van der Waals surface area contributed by atoms with Crippen LogP contribution in [0.15, 0.2) is 81.4 Å². The first-order chi connectivity index (χ1) is 15.3. The van der Waals surface area contributed by atoms with Crippen LogP contribution < -0.4 is 4.90 Å². The van der Waals surface area contributed by atoms with Gasteiger partial charge in [-0.3, -0.25) is 19.8 Å². The fourth-order valence-electron chi connectivity index (χ4n) is 3.04. The molecule has 3 aromatic carbocycles. The number of anilines is 1. The molecular formula is C23H15ClN2O3S3. The van der Waals surface area contributed by atoms with Crippen LogP contribution in [0.4, 0.5) is 11.4 Å². The number of amides is 1. The van der Waals surface area contributed by atoms with Crippen molar-refractivity contribution in [2.45, 2.75) is 16.7 Å². The molecule has 0 saturated carbocycles. The van der Waals surface area contributed by atoms with Crippen molar-refractivity contribution in [3.8, 4) is 0 Å². The molecule has 1 fully saturated rings. The molecule has 1 saturated heterocycles. The minimum Gasteiger partial charge on any atom is -0.268 e. The van der Waals surface area contributed by atoms with Crippen molar-refractivity contribution in [1.29, 1.82) is 0 Å². The minimum atomic E-state index is -0.452. The van der Waals surface area contributed by atoms with Crippen LogP contribution in [-0.2, 0) is 4.79 Å². The molecular weight excluding hydrogens is 484 g/mol. The lowest BCUT2D eigenvalue weighted by atomic mass is 10.2. The summed E-state index contributed by atoms with van der Waals surface area (Å²) in [6, 6.07) is 19.6. The van der Waals surface area contributed by atoms with Crippen molar-refractivity contribution in [3.05, 3.63) is 97.9 Å². The Morgan fingerprint density at radius 3 is 2.53 bits per heavy atom. The minimum absolute atomic E-state index is 0.0499. The van der Waals surface area contributed by atoms with Crippen molar-refractivity contribution in [2.24, 2.45) is 0 Å². The van der Waals surface area contributed by atoms with Crippen LogP contribution >= 0.6 is 47.3 Å². The van der Waals surface area contributed by atoms with Gasteiger partial charge in [0.2, 0.25) is 0 Å². The highest BCUT2D eigenvalue weighted by Crippen LogP contribution is 2.41. The second-order valence-corrected chi connectivity index (χ2v) is 10.1. The summed E-state index contributed by atoms with van der Waals surface area (Å²) in [6.45, 7) is 2.01. The topological polar surface area (TPSA) is 63.5 Å². The molecule has 1 aliphatic heterocycles. The smallest absolute Gasteiger partial charge is 0.268 e. The molecule has 32 heavy (non-hydrogen) atoms. The van der Waals surface area contributed by atoms with Crippen LogP contribution in [0.25, 0.3) is 6.08 Å². The third-order valence-electron chi connectivity index (χ3n) is 4.63. The highest BCUT2D eigenvalue weighted by molar-refractivity contribution is 8.27. The number of halogens is 1. The molecule has 0 N–H and O–H groups in total. The SMILES string of the molecule is Cc1ccc(Sc2ccc([N+](=O)[O-])cc2C=C2SC(=S)N(c3ccccc3Cl)C2=O)cc1. The van der Waals surface area contributed by atoms with Gasteiger partial charge in [-0.2, -0.15) is 0 Å². The number of carbonyl (C=O) groups is 1. The molecule has 5 nitrogen and oxygen atoms in total. The van der Waals surface area contributed by atoms with Crippen LogP contribution in [-0.4, -0.2) is 15.2 Å². The van der Waals surface area contributed by atoms with Gasteiger partial charge in [0.25, 0.3) is 11.6 Å². The third-order valence-corrected chi connectivity index (χ3v) is 7.35. The van der Waals surface area contributed by atoms with E-state index in [4.69, 9.17) is 23.8 Å². The summed E-state index contributed by atoms with van der Waals surface area (Å²) in [5.74, 6) is -0.314. The summed E-state index contributed by atoms with van der Waals surface area (Å²) in [5, 5.41) is 11.8. The number of para-hydroxylation sites is 1. The van der Waals surface area contributed by atoms with Gasteiger partial charge in [0.15, 0.2) is 4.32 Å². The lowest BCUT2D eigenvalue weighted by molar-refractivity contribution is -0.384. The highest BCUT2D eigenvalue weighted by Gasteiger charge is 2.34. The summed E-state index contributed by atoms with van der Waals surface area (Å²) in [4.78, 5) is 27.6. The van der Waals surface area contributed by atoms with Crippen molar-refractivity contribution in [2.75, 3.05) is 4.90 Å². The normalized spacial score (nSPS) is 14.9. The van der Waals surface area contributed by atoms with Crippen molar-refractivity contribution in [3.63, 3.8) is 0 Å². The second-order valence-electron chi connectivity index (χ2n) is 6.86. The number of benzene rings is 3. The zero-order valence-corrected chi connectivity index (χ0v) is 19.9. The predicted molar refractivity (Wildman–Crippen MR) is 136 cm³/mol. The van der Waals surface area contributed by atoms with E-state index in [-0.39, 0.29) is 11.6 Å². The number of thiocarbonyl (C=S) groups is 1. The number of hydrogen-bond acceptors (Lipinski definition) is 6. The molecule has 1 aliphatic rings. The Hall–Kier alpha value is -2.65. The Morgan fingerprint density at radius 1 is 1.12 bits per heavy atom. The molecule has 160 valence electrons. The summed E-state index contributed by atoms with van der Waals surface area (Å²) in [5.41, 5.74) is 2.17. The Balaban J connectivity index is 1.73. The van der Waals surface area contributed by atoms with E-state index >= 15 is 0 Å². The number of hydrogen-bond donors (Lipinski definition) is 0. The fraction of sp³-hybridized carbons (Fsp3) is 0.0435. The number of thioether (sulfide) groups is 1. The monoisotopic (exact) mass is 498 g/mol. The maximum atomic E-state index is 13.1. The zero-order chi connectivity index (χ0) is 22.8. The summed E-state index contributed by atoms with van der Waals surface area (Å²) in [7, 11) is 0. The number of aryl methyl sites for hydroxylation is 1. The number of nitrogens with zero attached hydrogens (tertiary/aromatic N) is 2. The summed E-state index contributed by atoms with van der Waals surface area (Å²) >= 11 is 14.3. The first-order valence-corrected chi connectivity index (χ1v) is 11.8. The molecule has 9 heteroatoms. The molecule has 0 spiro atoms. The van der Waals surface area contributed by atoms with E-state index in [2.05, 4.69) is 0 Å². The maximum absolute atomic E-state index is 13.1. The van der Waals surface area contributed by atoms with E-state index in [1.54, 1.807) is 36.4 Å². The van der Waals surface area contributed by atoms with Crippen LogP contribution in [0, 0.1) is 17.0 Å². The highest BCUT2D eigenvalue weighted by atomic mass is 35.5. The Morgan fingerprint density at radius 2 is 1.84 bits per heavy atom. The second kappa shape index (κ2) is 9.46. The van der Waals surface area contributed by atoms with Gasteiger partial charge in [0.05, 0.1) is 20.5 Å². The van der Waals surface area contributed by atoms with Gasteiger partial charge in [-0.1, -0.05) is 77.2 Å². The number of nitro benzene ring substituents is 1. The summed E-state index contributed by atoms with van der Waals surface area (Å²) in [6.07, 6.45) is 1.65. The first kappa shape index (κ1) is 22.5. The molecule has 0 aromatic heterocycles. The predicted octanol–water partition coefficient (Wildman–Crippen LogP) is 7.11. The first-order valence-electron chi connectivity index (χ1n) is 9.39. The van der Waals surface area contributed by atoms with Gasteiger partial charge in [-0.05, 0) is 48.9 Å². The van der Waals surface area contributed by atoms with Crippen LogP contribution in [0.5, 0.6) is 0 Å². The van der Waals surface area contributed by atoms with Gasteiger partial charge in [-0.25, -0.2) is 0 Å². The lowest BCUT2D eigenvalue weighted by Gasteiger charge is -2.15. The molecule has 3 aromatic rings. The average Bonchev–Trinajstić information content (AvgIpc) is 3.04. The molecule has 0 unspecified atom stereocenters. The van der Waals surface area contributed by atoms with Crippen molar-refractivity contribution >= 4 is 75.0 Å². The zero-order valence-electron chi connectivity index (χ0n) is 16.7. The quantitative estimate of drug-likeness (QED) is 0.161. The third kappa shape index (κ3) is 4.73. The largest absolute Gasteiger partial charge is 0.270 e.